The second-order valence-electron chi connectivity index (χ2n) is 4.95. The van der Waals surface area contributed by atoms with Crippen molar-refractivity contribution in [1.29, 1.82) is 0 Å². The second kappa shape index (κ2) is 5.87. The van der Waals surface area contributed by atoms with Crippen molar-refractivity contribution in [3.05, 3.63) is 16.4 Å². The molecule has 2 rings (SSSR count). The van der Waals surface area contributed by atoms with E-state index in [0.29, 0.717) is 5.92 Å². The molecule has 1 aromatic heterocycles. The van der Waals surface area contributed by atoms with Gasteiger partial charge >= 0.3 is 0 Å². The Morgan fingerprint density at radius 1 is 1.47 bits per heavy atom. The van der Waals surface area contributed by atoms with Crippen LogP contribution in [0, 0.1) is 5.92 Å². The molecule has 0 amide bonds. The Kier molecular flexibility index (Phi) is 4.46. The zero-order valence-electron chi connectivity index (χ0n) is 10.8. The van der Waals surface area contributed by atoms with Crippen LogP contribution in [0.25, 0.3) is 0 Å². The number of aromatic nitrogens is 2. The van der Waals surface area contributed by atoms with Crippen LogP contribution < -0.4 is 5.32 Å². The van der Waals surface area contributed by atoms with Gasteiger partial charge in [0, 0.05) is 7.05 Å². The maximum absolute atomic E-state index is 6.39. The normalized spacial score (nSPS) is 21.5. The van der Waals surface area contributed by atoms with E-state index in [-0.39, 0.29) is 0 Å². The van der Waals surface area contributed by atoms with E-state index in [4.69, 9.17) is 11.6 Å². The van der Waals surface area contributed by atoms with Crippen molar-refractivity contribution in [3.8, 4) is 0 Å². The first-order chi connectivity index (χ1) is 8.22. The maximum atomic E-state index is 6.39. The lowest BCUT2D eigenvalue weighted by atomic mass is 9.97. The van der Waals surface area contributed by atoms with Gasteiger partial charge in [-0.15, -0.1) is 0 Å². The SMILES string of the molecule is CCc1nn(C)c(CC2CCCCNC2)c1Cl. The van der Waals surface area contributed by atoms with Crippen molar-refractivity contribution in [2.45, 2.75) is 39.0 Å². The molecule has 17 heavy (non-hydrogen) atoms. The van der Waals surface area contributed by atoms with Gasteiger partial charge in [0.05, 0.1) is 16.4 Å². The molecule has 1 aliphatic heterocycles. The summed E-state index contributed by atoms with van der Waals surface area (Å²) in [6, 6.07) is 0. The molecule has 0 aliphatic carbocycles. The number of nitrogens with zero attached hydrogens (tertiary/aromatic N) is 2. The van der Waals surface area contributed by atoms with Crippen molar-refractivity contribution in [2.24, 2.45) is 13.0 Å². The first kappa shape index (κ1) is 12.9. The fraction of sp³-hybridized carbons (Fsp3) is 0.769. The van der Waals surface area contributed by atoms with Gasteiger partial charge in [-0.25, -0.2) is 0 Å². The van der Waals surface area contributed by atoms with Crippen molar-refractivity contribution >= 4 is 11.6 Å². The number of rotatable bonds is 3. The molecular weight excluding hydrogens is 234 g/mol. The minimum Gasteiger partial charge on any atom is -0.316 e. The van der Waals surface area contributed by atoms with Crippen molar-refractivity contribution < 1.29 is 0 Å². The molecule has 96 valence electrons. The molecule has 1 fully saturated rings. The van der Waals surface area contributed by atoms with Gasteiger partial charge in [-0.1, -0.05) is 24.9 Å². The van der Waals surface area contributed by atoms with Gasteiger partial charge in [0.15, 0.2) is 0 Å². The van der Waals surface area contributed by atoms with Gasteiger partial charge in [0.1, 0.15) is 0 Å². The molecule has 1 N–H and O–H groups in total. The predicted octanol–water partition coefficient (Wildman–Crippen LogP) is 2.57. The molecule has 0 bridgehead atoms. The Hall–Kier alpha value is -0.540. The van der Waals surface area contributed by atoms with E-state index in [0.717, 1.165) is 36.6 Å². The van der Waals surface area contributed by atoms with Gasteiger partial charge in [0.2, 0.25) is 0 Å². The zero-order chi connectivity index (χ0) is 12.3. The second-order valence-corrected chi connectivity index (χ2v) is 5.33. The summed E-state index contributed by atoms with van der Waals surface area (Å²) in [5, 5.41) is 8.87. The highest BCUT2D eigenvalue weighted by Crippen LogP contribution is 2.25. The number of hydrogen-bond acceptors (Lipinski definition) is 2. The summed E-state index contributed by atoms with van der Waals surface area (Å²) >= 11 is 6.39. The molecule has 1 aromatic rings. The van der Waals surface area contributed by atoms with Gasteiger partial charge in [0.25, 0.3) is 0 Å². The third kappa shape index (κ3) is 3.02. The molecule has 1 atom stereocenters. The van der Waals surface area contributed by atoms with Crippen LogP contribution in [-0.2, 0) is 19.9 Å². The lowest BCUT2D eigenvalue weighted by Crippen LogP contribution is -2.22. The van der Waals surface area contributed by atoms with Gasteiger partial charge in [-0.2, -0.15) is 5.10 Å². The molecule has 0 saturated carbocycles. The van der Waals surface area contributed by atoms with Crippen LogP contribution in [0.5, 0.6) is 0 Å². The van der Waals surface area contributed by atoms with Crippen LogP contribution in [0.3, 0.4) is 0 Å². The van der Waals surface area contributed by atoms with Gasteiger partial charge in [-0.05, 0) is 44.7 Å². The van der Waals surface area contributed by atoms with Crippen LogP contribution in [0.15, 0.2) is 0 Å². The molecule has 0 aromatic carbocycles. The summed E-state index contributed by atoms with van der Waals surface area (Å²) < 4.78 is 1.96. The van der Waals surface area contributed by atoms with E-state index in [1.807, 2.05) is 11.7 Å². The highest BCUT2D eigenvalue weighted by molar-refractivity contribution is 6.31. The molecule has 0 spiro atoms. The number of halogens is 1. The highest BCUT2D eigenvalue weighted by Gasteiger charge is 2.18. The van der Waals surface area contributed by atoms with E-state index in [9.17, 15) is 0 Å². The van der Waals surface area contributed by atoms with Crippen molar-refractivity contribution in [1.82, 2.24) is 15.1 Å². The van der Waals surface area contributed by atoms with E-state index in [2.05, 4.69) is 17.3 Å². The summed E-state index contributed by atoms with van der Waals surface area (Å²) in [6.07, 6.45) is 5.89. The monoisotopic (exact) mass is 255 g/mol. The average Bonchev–Trinajstić information content (AvgIpc) is 2.53. The summed E-state index contributed by atoms with van der Waals surface area (Å²) in [7, 11) is 2.00. The standard InChI is InChI=1S/C13H22ClN3/c1-3-11-13(14)12(17(2)16-11)8-10-6-4-5-7-15-9-10/h10,15H,3-9H2,1-2H3. The largest absolute Gasteiger partial charge is 0.316 e. The number of hydrogen-bond donors (Lipinski definition) is 1. The third-order valence-corrected chi connectivity index (χ3v) is 4.07. The topological polar surface area (TPSA) is 29.9 Å². The zero-order valence-corrected chi connectivity index (χ0v) is 11.6. The van der Waals surface area contributed by atoms with Gasteiger partial charge in [-0.3, -0.25) is 4.68 Å². The fourth-order valence-corrected chi connectivity index (χ4v) is 2.95. The van der Waals surface area contributed by atoms with Crippen LogP contribution in [-0.4, -0.2) is 22.9 Å². The molecule has 1 unspecified atom stereocenters. The van der Waals surface area contributed by atoms with E-state index in [1.165, 1.54) is 25.0 Å². The Morgan fingerprint density at radius 2 is 2.29 bits per heavy atom. The van der Waals surface area contributed by atoms with Crippen LogP contribution in [0.2, 0.25) is 5.02 Å². The number of aryl methyl sites for hydroxylation is 2. The molecule has 4 heteroatoms. The molecule has 3 nitrogen and oxygen atoms in total. The Labute approximate surface area is 109 Å². The molecule has 1 saturated heterocycles. The van der Waals surface area contributed by atoms with Crippen LogP contribution >= 0.6 is 11.6 Å². The Morgan fingerprint density at radius 3 is 3.00 bits per heavy atom. The van der Waals surface area contributed by atoms with E-state index < -0.39 is 0 Å². The smallest absolute Gasteiger partial charge is 0.0849 e. The van der Waals surface area contributed by atoms with E-state index >= 15 is 0 Å². The molecular formula is C13H22ClN3. The maximum Gasteiger partial charge on any atom is 0.0849 e. The van der Waals surface area contributed by atoms with Gasteiger partial charge < -0.3 is 5.32 Å². The highest BCUT2D eigenvalue weighted by atomic mass is 35.5. The van der Waals surface area contributed by atoms with E-state index in [1.54, 1.807) is 0 Å². The molecule has 0 radical (unpaired) electrons. The Balaban J connectivity index is 2.09. The lowest BCUT2D eigenvalue weighted by Gasteiger charge is -2.14. The van der Waals surface area contributed by atoms with Crippen LogP contribution in [0.1, 0.15) is 37.6 Å². The summed E-state index contributed by atoms with van der Waals surface area (Å²) in [4.78, 5) is 0. The fourth-order valence-electron chi connectivity index (χ4n) is 2.58. The average molecular weight is 256 g/mol. The van der Waals surface area contributed by atoms with Crippen LogP contribution in [0.4, 0.5) is 0 Å². The summed E-state index contributed by atoms with van der Waals surface area (Å²) in [6.45, 7) is 4.38. The quantitative estimate of drug-likeness (QED) is 0.900. The first-order valence-electron chi connectivity index (χ1n) is 6.63. The lowest BCUT2D eigenvalue weighted by molar-refractivity contribution is 0.462. The minimum absolute atomic E-state index is 0.704. The van der Waals surface area contributed by atoms with Crippen molar-refractivity contribution in [3.63, 3.8) is 0 Å². The van der Waals surface area contributed by atoms with Crippen molar-refractivity contribution in [2.75, 3.05) is 13.1 Å². The number of nitrogens with one attached hydrogen (secondary N) is 1. The third-order valence-electron chi connectivity index (χ3n) is 3.63. The first-order valence-corrected chi connectivity index (χ1v) is 7.01. The summed E-state index contributed by atoms with van der Waals surface area (Å²) in [5.41, 5.74) is 2.24. The Bertz CT molecular complexity index is 365. The summed E-state index contributed by atoms with van der Waals surface area (Å²) in [5.74, 6) is 0.704. The predicted molar refractivity (Wildman–Crippen MR) is 71.5 cm³/mol. The molecule has 2 heterocycles. The molecule has 1 aliphatic rings. The minimum atomic E-state index is 0.704.